The lowest BCUT2D eigenvalue weighted by molar-refractivity contribution is 0.776. The van der Waals surface area contributed by atoms with Crippen molar-refractivity contribution in [1.82, 2.24) is 9.78 Å². The van der Waals surface area contributed by atoms with Gasteiger partial charge in [-0.2, -0.15) is 10.4 Å². The maximum absolute atomic E-state index is 8.94. The highest BCUT2D eigenvalue weighted by Crippen LogP contribution is 2.20. The zero-order valence-corrected chi connectivity index (χ0v) is 8.73. The number of nitriles is 1. The third-order valence-corrected chi connectivity index (χ3v) is 2.47. The van der Waals surface area contributed by atoms with E-state index in [0.29, 0.717) is 5.56 Å². The first-order valence-electron chi connectivity index (χ1n) is 4.71. The second-order valence-corrected chi connectivity index (χ2v) is 3.48. The first kappa shape index (κ1) is 9.47. The van der Waals surface area contributed by atoms with Crippen LogP contribution in [-0.4, -0.2) is 9.78 Å². The fourth-order valence-corrected chi connectivity index (χ4v) is 1.56. The minimum atomic E-state index is 0.716. The maximum atomic E-state index is 8.94. The van der Waals surface area contributed by atoms with Crippen LogP contribution in [-0.2, 0) is 7.05 Å². The number of hydrogen-bond acceptors (Lipinski definition) is 2. The highest BCUT2D eigenvalue weighted by Gasteiger charge is 2.04. The molecule has 0 amide bonds. The highest BCUT2D eigenvalue weighted by molar-refractivity contribution is 5.62. The summed E-state index contributed by atoms with van der Waals surface area (Å²) in [4.78, 5) is 0. The third kappa shape index (κ3) is 1.62. The van der Waals surface area contributed by atoms with Gasteiger partial charge < -0.3 is 0 Å². The molecule has 0 aliphatic heterocycles. The van der Waals surface area contributed by atoms with Crippen LogP contribution in [0.15, 0.2) is 30.5 Å². The molecule has 0 aliphatic rings. The SMILES string of the molecule is Cc1ccc(-c2ccnn2C)cc1C#N. The molecule has 3 heteroatoms. The standard InChI is InChI=1S/C12H11N3/c1-9-3-4-10(7-11(9)8-13)12-5-6-14-15(12)2/h3-7H,1-2H3. The Morgan fingerprint density at radius 2 is 2.13 bits per heavy atom. The Labute approximate surface area is 88.6 Å². The molecule has 0 spiro atoms. The zero-order valence-electron chi connectivity index (χ0n) is 8.73. The van der Waals surface area contributed by atoms with Gasteiger partial charge in [-0.1, -0.05) is 12.1 Å². The average Bonchev–Trinajstić information content (AvgIpc) is 2.65. The van der Waals surface area contributed by atoms with Gasteiger partial charge in [0.05, 0.1) is 17.3 Å². The van der Waals surface area contributed by atoms with Crippen molar-refractivity contribution in [2.24, 2.45) is 7.05 Å². The van der Waals surface area contributed by atoms with E-state index in [4.69, 9.17) is 5.26 Å². The smallest absolute Gasteiger partial charge is 0.0994 e. The molecule has 1 aromatic carbocycles. The van der Waals surface area contributed by atoms with Crippen LogP contribution >= 0.6 is 0 Å². The quantitative estimate of drug-likeness (QED) is 0.703. The lowest BCUT2D eigenvalue weighted by atomic mass is 10.0. The summed E-state index contributed by atoms with van der Waals surface area (Å²) in [5.41, 5.74) is 3.76. The number of nitrogens with zero attached hydrogens (tertiary/aromatic N) is 3. The zero-order chi connectivity index (χ0) is 10.8. The lowest BCUT2D eigenvalue weighted by Crippen LogP contribution is -1.94. The Kier molecular flexibility index (Phi) is 2.26. The van der Waals surface area contributed by atoms with Crippen molar-refractivity contribution < 1.29 is 0 Å². The van der Waals surface area contributed by atoms with Crippen molar-refractivity contribution in [1.29, 1.82) is 5.26 Å². The molecule has 0 N–H and O–H groups in total. The molecule has 0 saturated carbocycles. The molecule has 0 fully saturated rings. The van der Waals surface area contributed by atoms with Gasteiger partial charge in [0.2, 0.25) is 0 Å². The van der Waals surface area contributed by atoms with Crippen molar-refractivity contribution in [2.45, 2.75) is 6.92 Å². The Balaban J connectivity index is 2.57. The van der Waals surface area contributed by atoms with E-state index in [-0.39, 0.29) is 0 Å². The van der Waals surface area contributed by atoms with Crippen molar-refractivity contribution in [3.63, 3.8) is 0 Å². The molecular formula is C12H11N3. The number of rotatable bonds is 1. The summed E-state index contributed by atoms with van der Waals surface area (Å²) >= 11 is 0. The van der Waals surface area contributed by atoms with E-state index in [9.17, 15) is 0 Å². The number of aryl methyl sites for hydroxylation is 2. The molecule has 1 aromatic heterocycles. The van der Waals surface area contributed by atoms with Crippen LogP contribution in [0.25, 0.3) is 11.3 Å². The molecule has 1 heterocycles. The Hall–Kier alpha value is -2.08. The summed E-state index contributed by atoms with van der Waals surface area (Å²) in [5.74, 6) is 0. The number of hydrogen-bond donors (Lipinski definition) is 0. The monoisotopic (exact) mass is 197 g/mol. The van der Waals surface area contributed by atoms with E-state index < -0.39 is 0 Å². The van der Waals surface area contributed by atoms with Crippen LogP contribution in [0.1, 0.15) is 11.1 Å². The van der Waals surface area contributed by atoms with Gasteiger partial charge in [-0.25, -0.2) is 0 Å². The molecule has 2 rings (SSSR count). The first-order valence-corrected chi connectivity index (χ1v) is 4.71. The summed E-state index contributed by atoms with van der Waals surface area (Å²) in [6.07, 6.45) is 1.75. The average molecular weight is 197 g/mol. The van der Waals surface area contributed by atoms with Crippen molar-refractivity contribution >= 4 is 0 Å². The number of aromatic nitrogens is 2. The molecular weight excluding hydrogens is 186 g/mol. The van der Waals surface area contributed by atoms with Gasteiger partial charge in [-0.05, 0) is 24.6 Å². The van der Waals surface area contributed by atoms with E-state index in [1.54, 1.807) is 10.9 Å². The largest absolute Gasteiger partial charge is 0.268 e. The summed E-state index contributed by atoms with van der Waals surface area (Å²) in [6.45, 7) is 1.94. The lowest BCUT2D eigenvalue weighted by Gasteiger charge is -2.04. The first-order chi connectivity index (χ1) is 7.22. The van der Waals surface area contributed by atoms with Crippen molar-refractivity contribution in [3.05, 3.63) is 41.6 Å². The van der Waals surface area contributed by atoms with Gasteiger partial charge >= 0.3 is 0 Å². The van der Waals surface area contributed by atoms with Gasteiger partial charge in [-0.15, -0.1) is 0 Å². The van der Waals surface area contributed by atoms with Crippen LogP contribution in [0, 0.1) is 18.3 Å². The van der Waals surface area contributed by atoms with Gasteiger partial charge in [-0.3, -0.25) is 4.68 Å². The van der Waals surface area contributed by atoms with E-state index >= 15 is 0 Å². The summed E-state index contributed by atoms with van der Waals surface area (Å²) in [6, 6.07) is 9.99. The van der Waals surface area contributed by atoms with E-state index in [0.717, 1.165) is 16.8 Å². The van der Waals surface area contributed by atoms with Crippen LogP contribution < -0.4 is 0 Å². The molecule has 0 radical (unpaired) electrons. The van der Waals surface area contributed by atoms with Crippen LogP contribution in [0.4, 0.5) is 0 Å². The van der Waals surface area contributed by atoms with Crippen LogP contribution in [0.5, 0.6) is 0 Å². The summed E-state index contributed by atoms with van der Waals surface area (Å²) in [5, 5.41) is 13.0. The van der Waals surface area contributed by atoms with E-state index in [1.165, 1.54) is 0 Å². The molecule has 0 atom stereocenters. The predicted octanol–water partition coefficient (Wildman–Crippen LogP) is 2.27. The Bertz CT molecular complexity index is 532. The summed E-state index contributed by atoms with van der Waals surface area (Å²) < 4.78 is 1.80. The molecule has 0 aliphatic carbocycles. The molecule has 15 heavy (non-hydrogen) atoms. The predicted molar refractivity (Wildman–Crippen MR) is 58.1 cm³/mol. The Morgan fingerprint density at radius 1 is 1.33 bits per heavy atom. The molecule has 0 bridgehead atoms. The van der Waals surface area contributed by atoms with Crippen molar-refractivity contribution in [3.8, 4) is 17.3 Å². The normalized spacial score (nSPS) is 9.93. The van der Waals surface area contributed by atoms with Crippen molar-refractivity contribution in [2.75, 3.05) is 0 Å². The highest BCUT2D eigenvalue weighted by atomic mass is 15.2. The van der Waals surface area contributed by atoms with Crippen LogP contribution in [0.3, 0.4) is 0 Å². The second kappa shape index (κ2) is 3.58. The minimum Gasteiger partial charge on any atom is -0.268 e. The molecule has 74 valence electrons. The Morgan fingerprint density at radius 3 is 2.73 bits per heavy atom. The fraction of sp³-hybridized carbons (Fsp3) is 0.167. The minimum absolute atomic E-state index is 0.716. The maximum Gasteiger partial charge on any atom is 0.0994 e. The van der Waals surface area contributed by atoms with Gasteiger partial charge in [0.1, 0.15) is 0 Å². The molecule has 0 unspecified atom stereocenters. The third-order valence-electron chi connectivity index (χ3n) is 2.47. The van der Waals surface area contributed by atoms with E-state index in [1.807, 2.05) is 38.2 Å². The second-order valence-electron chi connectivity index (χ2n) is 3.48. The fourth-order valence-electron chi connectivity index (χ4n) is 1.56. The van der Waals surface area contributed by atoms with Gasteiger partial charge in [0.25, 0.3) is 0 Å². The van der Waals surface area contributed by atoms with Gasteiger partial charge in [0, 0.05) is 18.8 Å². The van der Waals surface area contributed by atoms with E-state index in [2.05, 4.69) is 11.2 Å². The number of benzene rings is 1. The van der Waals surface area contributed by atoms with Gasteiger partial charge in [0.15, 0.2) is 0 Å². The van der Waals surface area contributed by atoms with Crippen LogP contribution in [0.2, 0.25) is 0 Å². The molecule has 2 aromatic rings. The summed E-state index contributed by atoms with van der Waals surface area (Å²) in [7, 11) is 1.89. The molecule has 0 saturated heterocycles. The molecule has 3 nitrogen and oxygen atoms in total. The topological polar surface area (TPSA) is 41.6 Å².